The predicted octanol–water partition coefficient (Wildman–Crippen LogP) is 2.47. The highest BCUT2D eigenvalue weighted by molar-refractivity contribution is 5.03. The zero-order valence-corrected chi connectivity index (χ0v) is 12.5. The summed E-state index contributed by atoms with van der Waals surface area (Å²) in [6.07, 6.45) is 10.4. The van der Waals surface area contributed by atoms with Crippen LogP contribution < -0.4 is 0 Å². The van der Waals surface area contributed by atoms with Gasteiger partial charge in [0.05, 0.1) is 30.6 Å². The van der Waals surface area contributed by atoms with Crippen LogP contribution in [-0.2, 0) is 6.54 Å². The van der Waals surface area contributed by atoms with Crippen molar-refractivity contribution >= 4 is 0 Å². The summed E-state index contributed by atoms with van der Waals surface area (Å²) in [5.41, 5.74) is 1.62. The molecule has 2 aromatic heterocycles. The smallest absolute Gasteiger partial charge is 0.111 e. The molecule has 3 rings (SSSR count). The third-order valence-corrected chi connectivity index (χ3v) is 4.22. The van der Waals surface area contributed by atoms with Crippen LogP contribution in [0.5, 0.6) is 0 Å². The van der Waals surface area contributed by atoms with Gasteiger partial charge in [-0.2, -0.15) is 5.10 Å². The maximum absolute atomic E-state index is 9.75. The third-order valence-electron chi connectivity index (χ3n) is 4.22. The number of aromatic nitrogens is 5. The van der Waals surface area contributed by atoms with Crippen LogP contribution in [0.4, 0.5) is 0 Å². The second-order valence-electron chi connectivity index (χ2n) is 5.84. The topological polar surface area (TPSA) is 68.8 Å². The molecule has 1 aliphatic rings. The lowest BCUT2D eigenvalue weighted by Gasteiger charge is -2.21. The summed E-state index contributed by atoms with van der Waals surface area (Å²) in [7, 11) is 0. The first kappa shape index (κ1) is 14.3. The molecule has 1 aliphatic carbocycles. The molecule has 0 amide bonds. The number of aliphatic hydroxyl groups excluding tert-OH is 1. The minimum absolute atomic E-state index is 0.529. The Morgan fingerprint density at radius 2 is 2.14 bits per heavy atom. The van der Waals surface area contributed by atoms with Gasteiger partial charge in [-0.25, -0.2) is 4.68 Å². The number of hydrogen-bond donors (Lipinski definition) is 1. The van der Waals surface area contributed by atoms with Crippen molar-refractivity contribution < 1.29 is 5.11 Å². The van der Waals surface area contributed by atoms with Crippen LogP contribution in [0.15, 0.2) is 18.5 Å². The van der Waals surface area contributed by atoms with E-state index in [-0.39, 0.29) is 0 Å². The number of rotatable bonds is 5. The quantitative estimate of drug-likeness (QED) is 0.918. The highest BCUT2D eigenvalue weighted by Gasteiger charge is 2.16. The molecule has 0 aromatic carbocycles. The van der Waals surface area contributed by atoms with E-state index in [0.29, 0.717) is 24.7 Å². The summed E-state index contributed by atoms with van der Waals surface area (Å²) < 4.78 is 3.84. The molecular weight excluding hydrogens is 266 g/mol. The molecule has 1 atom stereocenters. The highest BCUT2D eigenvalue weighted by Crippen LogP contribution is 2.27. The van der Waals surface area contributed by atoms with E-state index in [1.807, 2.05) is 13.0 Å². The van der Waals surface area contributed by atoms with Crippen molar-refractivity contribution in [2.75, 3.05) is 0 Å². The Bertz CT molecular complexity index is 570. The maximum Gasteiger partial charge on any atom is 0.111 e. The van der Waals surface area contributed by atoms with Crippen LogP contribution in [0, 0.1) is 0 Å². The van der Waals surface area contributed by atoms with Gasteiger partial charge in [-0.05, 0) is 25.3 Å². The van der Waals surface area contributed by atoms with E-state index in [1.54, 1.807) is 10.9 Å². The maximum atomic E-state index is 9.75. The molecule has 0 saturated heterocycles. The van der Waals surface area contributed by atoms with Gasteiger partial charge >= 0.3 is 0 Å². The molecule has 1 N–H and O–H groups in total. The van der Waals surface area contributed by atoms with E-state index >= 15 is 0 Å². The Hall–Kier alpha value is -1.69. The molecule has 0 spiro atoms. The third kappa shape index (κ3) is 3.32. The minimum Gasteiger partial charge on any atom is -0.387 e. The van der Waals surface area contributed by atoms with Crippen molar-refractivity contribution in [2.24, 2.45) is 0 Å². The standard InChI is InChI=1S/C15H23N5O/c1-2-15(21)14-11-19(18-16-14)10-12-8-9-20(17-12)13-6-4-3-5-7-13/h8-9,11,13,15,21H,2-7,10H2,1H3. The van der Waals surface area contributed by atoms with Crippen molar-refractivity contribution in [3.05, 3.63) is 29.8 Å². The van der Waals surface area contributed by atoms with Crippen LogP contribution >= 0.6 is 0 Å². The number of aliphatic hydroxyl groups is 1. The second kappa shape index (κ2) is 6.39. The summed E-state index contributed by atoms with van der Waals surface area (Å²) in [5.74, 6) is 0. The van der Waals surface area contributed by atoms with Crippen molar-refractivity contribution in [1.82, 2.24) is 24.8 Å². The molecular formula is C15H23N5O. The lowest BCUT2D eigenvalue weighted by atomic mass is 9.96. The first-order chi connectivity index (χ1) is 10.3. The molecule has 6 heteroatoms. The van der Waals surface area contributed by atoms with Gasteiger partial charge in [0, 0.05) is 6.20 Å². The van der Waals surface area contributed by atoms with Crippen molar-refractivity contribution in [2.45, 2.75) is 64.1 Å². The summed E-state index contributed by atoms with van der Waals surface area (Å²) in [5, 5.41) is 22.5. The molecule has 2 aromatic rings. The molecule has 0 bridgehead atoms. The Balaban J connectivity index is 1.65. The molecule has 21 heavy (non-hydrogen) atoms. The number of hydrogen-bond acceptors (Lipinski definition) is 4. The van der Waals surface area contributed by atoms with E-state index in [9.17, 15) is 5.11 Å². The van der Waals surface area contributed by atoms with Gasteiger partial charge in [0.1, 0.15) is 5.69 Å². The molecule has 1 unspecified atom stereocenters. The fourth-order valence-corrected chi connectivity index (χ4v) is 2.93. The van der Waals surface area contributed by atoms with Crippen LogP contribution in [-0.4, -0.2) is 29.9 Å². The molecule has 1 fully saturated rings. The van der Waals surface area contributed by atoms with E-state index in [4.69, 9.17) is 0 Å². The highest BCUT2D eigenvalue weighted by atomic mass is 16.3. The zero-order chi connectivity index (χ0) is 14.7. The van der Waals surface area contributed by atoms with Gasteiger partial charge in [-0.15, -0.1) is 5.10 Å². The van der Waals surface area contributed by atoms with E-state index in [0.717, 1.165) is 5.69 Å². The van der Waals surface area contributed by atoms with Crippen LogP contribution in [0.1, 0.15) is 69.0 Å². The van der Waals surface area contributed by atoms with Crippen LogP contribution in [0.2, 0.25) is 0 Å². The SMILES string of the molecule is CCC(O)c1cn(Cc2ccn(C3CCCCC3)n2)nn1. The molecule has 114 valence electrons. The van der Waals surface area contributed by atoms with E-state index in [1.165, 1.54) is 32.1 Å². The fourth-order valence-electron chi connectivity index (χ4n) is 2.93. The van der Waals surface area contributed by atoms with Crippen molar-refractivity contribution in [3.8, 4) is 0 Å². The van der Waals surface area contributed by atoms with Gasteiger partial charge in [-0.3, -0.25) is 4.68 Å². The average Bonchev–Trinajstić information content (AvgIpc) is 3.17. The molecule has 2 heterocycles. The predicted molar refractivity (Wildman–Crippen MR) is 78.7 cm³/mol. The largest absolute Gasteiger partial charge is 0.387 e. The second-order valence-corrected chi connectivity index (χ2v) is 5.84. The van der Waals surface area contributed by atoms with Crippen LogP contribution in [0.3, 0.4) is 0 Å². The van der Waals surface area contributed by atoms with Crippen molar-refractivity contribution in [3.63, 3.8) is 0 Å². The first-order valence-corrected chi connectivity index (χ1v) is 7.88. The summed E-state index contributed by atoms with van der Waals surface area (Å²) in [4.78, 5) is 0. The zero-order valence-electron chi connectivity index (χ0n) is 12.5. The van der Waals surface area contributed by atoms with E-state index < -0.39 is 6.10 Å². The van der Waals surface area contributed by atoms with Gasteiger partial charge < -0.3 is 5.11 Å². The summed E-state index contributed by atoms with van der Waals surface area (Å²) >= 11 is 0. The number of nitrogens with zero attached hydrogens (tertiary/aromatic N) is 5. The Morgan fingerprint density at radius 1 is 1.33 bits per heavy atom. The monoisotopic (exact) mass is 289 g/mol. The molecule has 0 radical (unpaired) electrons. The van der Waals surface area contributed by atoms with Gasteiger partial charge in [-0.1, -0.05) is 31.4 Å². The van der Waals surface area contributed by atoms with Crippen LogP contribution in [0.25, 0.3) is 0 Å². The Labute approximate surface area is 124 Å². The van der Waals surface area contributed by atoms with E-state index in [2.05, 4.69) is 26.3 Å². The normalized spacial score (nSPS) is 18.0. The minimum atomic E-state index is -0.529. The lowest BCUT2D eigenvalue weighted by molar-refractivity contribution is 0.168. The Morgan fingerprint density at radius 3 is 2.90 bits per heavy atom. The first-order valence-electron chi connectivity index (χ1n) is 7.88. The summed E-state index contributed by atoms with van der Waals surface area (Å²) in [6, 6.07) is 2.60. The lowest BCUT2D eigenvalue weighted by Crippen LogP contribution is -2.13. The summed E-state index contributed by atoms with van der Waals surface area (Å²) in [6.45, 7) is 2.53. The fraction of sp³-hybridized carbons (Fsp3) is 0.667. The molecule has 6 nitrogen and oxygen atoms in total. The molecule has 0 aliphatic heterocycles. The van der Waals surface area contributed by atoms with Gasteiger partial charge in [0.25, 0.3) is 0 Å². The molecule has 1 saturated carbocycles. The Kier molecular flexibility index (Phi) is 4.34. The van der Waals surface area contributed by atoms with Gasteiger partial charge in [0.15, 0.2) is 0 Å². The average molecular weight is 289 g/mol. The van der Waals surface area contributed by atoms with Crippen molar-refractivity contribution in [1.29, 1.82) is 0 Å². The van der Waals surface area contributed by atoms with Gasteiger partial charge in [0.2, 0.25) is 0 Å².